The number of amides is 1. The number of fused-ring (bicyclic) bond motifs is 1. The van der Waals surface area contributed by atoms with Crippen LogP contribution in [0.4, 0.5) is 4.39 Å². The van der Waals surface area contributed by atoms with E-state index in [-0.39, 0.29) is 29.3 Å². The zero-order valence-corrected chi connectivity index (χ0v) is 11.9. The van der Waals surface area contributed by atoms with Crippen LogP contribution in [0, 0.1) is 5.82 Å². The van der Waals surface area contributed by atoms with Crippen molar-refractivity contribution in [3.05, 3.63) is 76.1 Å². The third kappa shape index (κ3) is 2.89. The Kier molecular flexibility index (Phi) is 3.76. The molecule has 0 bridgehead atoms. The lowest BCUT2D eigenvalue weighted by Gasteiger charge is -2.07. The summed E-state index contributed by atoms with van der Waals surface area (Å²) in [6.07, 6.45) is 2.54. The number of aromatic nitrogens is 2. The summed E-state index contributed by atoms with van der Waals surface area (Å²) in [6.45, 7) is 0.154. The summed E-state index contributed by atoms with van der Waals surface area (Å²) in [4.78, 5) is 28.3. The van der Waals surface area contributed by atoms with Crippen LogP contribution in [0.1, 0.15) is 15.9 Å². The van der Waals surface area contributed by atoms with Crippen LogP contribution in [0.3, 0.4) is 0 Å². The highest BCUT2D eigenvalue weighted by atomic mass is 19.1. The lowest BCUT2D eigenvalue weighted by Crippen LogP contribution is -2.31. The Balaban J connectivity index is 1.85. The lowest BCUT2D eigenvalue weighted by molar-refractivity contribution is 0.0949. The van der Waals surface area contributed by atoms with Crippen molar-refractivity contribution < 1.29 is 14.3 Å². The van der Waals surface area contributed by atoms with Crippen LogP contribution in [-0.4, -0.2) is 20.4 Å². The Hall–Kier alpha value is -3.22. The number of carbonyl (C=O) groups is 1. The van der Waals surface area contributed by atoms with Crippen LogP contribution >= 0.6 is 0 Å². The Labute approximate surface area is 129 Å². The molecule has 6 nitrogen and oxygen atoms in total. The van der Waals surface area contributed by atoms with Gasteiger partial charge in [0.15, 0.2) is 11.4 Å². The molecule has 3 rings (SSSR count). The Morgan fingerprint density at radius 2 is 2.00 bits per heavy atom. The maximum Gasteiger partial charge on any atom is 0.270 e. The number of pyridine rings is 1. The first-order chi connectivity index (χ1) is 11.1. The number of carbonyl (C=O) groups excluding carboxylic acids is 1. The molecular weight excluding hydrogens is 301 g/mol. The van der Waals surface area contributed by atoms with Gasteiger partial charge >= 0.3 is 0 Å². The first-order valence-electron chi connectivity index (χ1n) is 6.78. The average molecular weight is 313 g/mol. The van der Waals surface area contributed by atoms with Crippen molar-refractivity contribution in [3.63, 3.8) is 0 Å². The minimum absolute atomic E-state index is 0.0765. The SMILES string of the molecule is O=C(NCc1ccc(F)cc1)c1cnc2c(O)cccn2c1=O. The predicted octanol–water partition coefficient (Wildman–Crippen LogP) is 1.47. The van der Waals surface area contributed by atoms with E-state index in [9.17, 15) is 19.1 Å². The van der Waals surface area contributed by atoms with Gasteiger partial charge in [-0.1, -0.05) is 12.1 Å². The summed E-state index contributed by atoms with van der Waals surface area (Å²) < 4.78 is 13.9. The van der Waals surface area contributed by atoms with E-state index in [1.54, 1.807) is 12.1 Å². The van der Waals surface area contributed by atoms with Crippen LogP contribution in [0.2, 0.25) is 0 Å². The summed E-state index contributed by atoms with van der Waals surface area (Å²) in [6, 6.07) is 8.54. The predicted molar refractivity (Wildman–Crippen MR) is 80.7 cm³/mol. The molecular formula is C16H12FN3O3. The van der Waals surface area contributed by atoms with Crippen molar-refractivity contribution in [2.75, 3.05) is 0 Å². The van der Waals surface area contributed by atoms with Crippen LogP contribution in [-0.2, 0) is 6.54 Å². The van der Waals surface area contributed by atoms with E-state index in [0.717, 1.165) is 10.6 Å². The van der Waals surface area contributed by atoms with Crippen molar-refractivity contribution in [1.29, 1.82) is 0 Å². The minimum atomic E-state index is -0.593. The molecule has 0 aliphatic carbocycles. The van der Waals surface area contributed by atoms with Gasteiger partial charge in [0.1, 0.15) is 11.4 Å². The second kappa shape index (κ2) is 5.88. The van der Waals surface area contributed by atoms with E-state index in [1.807, 2.05) is 0 Å². The third-order valence-corrected chi connectivity index (χ3v) is 3.32. The van der Waals surface area contributed by atoms with Gasteiger partial charge in [-0.3, -0.25) is 14.0 Å². The molecule has 23 heavy (non-hydrogen) atoms. The summed E-state index contributed by atoms with van der Waals surface area (Å²) in [7, 11) is 0. The van der Waals surface area contributed by atoms with Gasteiger partial charge in [0, 0.05) is 18.9 Å². The Morgan fingerprint density at radius 1 is 1.26 bits per heavy atom. The molecule has 0 spiro atoms. The number of nitrogens with one attached hydrogen (secondary N) is 1. The van der Waals surface area contributed by atoms with Gasteiger partial charge in [-0.25, -0.2) is 9.37 Å². The molecule has 2 heterocycles. The second-order valence-corrected chi connectivity index (χ2v) is 4.87. The number of halogens is 1. The average Bonchev–Trinajstić information content (AvgIpc) is 2.55. The van der Waals surface area contributed by atoms with Crippen molar-refractivity contribution in [2.45, 2.75) is 6.54 Å². The molecule has 0 unspecified atom stereocenters. The van der Waals surface area contributed by atoms with Gasteiger partial charge in [0.2, 0.25) is 0 Å². The maximum absolute atomic E-state index is 12.8. The molecule has 0 atom stereocenters. The van der Waals surface area contributed by atoms with Crippen molar-refractivity contribution in [1.82, 2.24) is 14.7 Å². The van der Waals surface area contributed by atoms with Gasteiger partial charge < -0.3 is 10.4 Å². The van der Waals surface area contributed by atoms with Gasteiger partial charge in [0.25, 0.3) is 11.5 Å². The van der Waals surface area contributed by atoms with Crippen molar-refractivity contribution >= 4 is 11.6 Å². The van der Waals surface area contributed by atoms with E-state index < -0.39 is 11.5 Å². The molecule has 0 saturated carbocycles. The standard InChI is InChI=1S/C16H12FN3O3/c17-11-5-3-10(4-6-11)8-19-15(22)12-9-18-14-13(21)2-1-7-20(14)16(12)23/h1-7,9,21H,8H2,(H,19,22). The van der Waals surface area contributed by atoms with Crippen molar-refractivity contribution in [2.24, 2.45) is 0 Å². The van der Waals surface area contributed by atoms with Crippen LogP contribution in [0.25, 0.3) is 5.65 Å². The number of hydrogen-bond donors (Lipinski definition) is 2. The number of nitrogens with zero attached hydrogens (tertiary/aromatic N) is 2. The normalized spacial score (nSPS) is 10.7. The van der Waals surface area contributed by atoms with E-state index in [2.05, 4.69) is 10.3 Å². The molecule has 1 aromatic carbocycles. The summed E-state index contributed by atoms with van der Waals surface area (Å²) in [5, 5.41) is 12.2. The van der Waals surface area contributed by atoms with Crippen LogP contribution in [0.15, 0.2) is 53.6 Å². The smallest absolute Gasteiger partial charge is 0.270 e. The fourth-order valence-electron chi connectivity index (χ4n) is 2.13. The molecule has 0 aliphatic heterocycles. The zero-order chi connectivity index (χ0) is 16.4. The molecule has 116 valence electrons. The molecule has 0 aliphatic rings. The van der Waals surface area contributed by atoms with Gasteiger partial charge in [0.05, 0.1) is 0 Å². The monoisotopic (exact) mass is 313 g/mol. The minimum Gasteiger partial charge on any atom is -0.504 e. The zero-order valence-electron chi connectivity index (χ0n) is 11.9. The third-order valence-electron chi connectivity index (χ3n) is 3.32. The van der Waals surface area contributed by atoms with Crippen molar-refractivity contribution in [3.8, 4) is 5.75 Å². The molecule has 0 saturated heterocycles. The van der Waals surface area contributed by atoms with Crippen LogP contribution < -0.4 is 10.9 Å². The number of aromatic hydroxyl groups is 1. The Bertz CT molecular complexity index is 935. The molecule has 0 fully saturated rings. The fraction of sp³-hybridized carbons (Fsp3) is 0.0625. The summed E-state index contributed by atoms with van der Waals surface area (Å²) >= 11 is 0. The topological polar surface area (TPSA) is 83.7 Å². The molecule has 1 amide bonds. The van der Waals surface area contributed by atoms with Gasteiger partial charge in [-0.05, 0) is 29.8 Å². The number of rotatable bonds is 3. The Morgan fingerprint density at radius 3 is 2.74 bits per heavy atom. The molecule has 7 heteroatoms. The van der Waals surface area contributed by atoms with E-state index in [1.165, 1.54) is 30.5 Å². The maximum atomic E-state index is 12.8. The highest BCUT2D eigenvalue weighted by molar-refractivity contribution is 5.93. The number of hydrogen-bond acceptors (Lipinski definition) is 4. The second-order valence-electron chi connectivity index (χ2n) is 4.87. The molecule has 2 aromatic heterocycles. The van der Waals surface area contributed by atoms with E-state index in [4.69, 9.17) is 0 Å². The lowest BCUT2D eigenvalue weighted by atomic mass is 10.2. The van der Waals surface area contributed by atoms with E-state index >= 15 is 0 Å². The molecule has 2 N–H and O–H groups in total. The summed E-state index contributed by atoms with van der Waals surface area (Å²) in [5.41, 5.74) is 0.0524. The highest BCUT2D eigenvalue weighted by Gasteiger charge is 2.14. The highest BCUT2D eigenvalue weighted by Crippen LogP contribution is 2.13. The quantitative estimate of drug-likeness (QED) is 0.767. The van der Waals surface area contributed by atoms with E-state index in [0.29, 0.717) is 5.56 Å². The summed E-state index contributed by atoms with van der Waals surface area (Å²) in [5.74, 6) is -1.11. The first-order valence-corrected chi connectivity index (χ1v) is 6.78. The largest absolute Gasteiger partial charge is 0.504 e. The van der Waals surface area contributed by atoms with Gasteiger partial charge in [-0.15, -0.1) is 0 Å². The first kappa shape index (κ1) is 14.7. The van der Waals surface area contributed by atoms with Gasteiger partial charge in [-0.2, -0.15) is 0 Å². The fourth-order valence-corrected chi connectivity index (χ4v) is 2.13. The van der Waals surface area contributed by atoms with Crippen LogP contribution in [0.5, 0.6) is 5.75 Å². The number of benzene rings is 1. The molecule has 0 radical (unpaired) electrons. The molecule has 3 aromatic rings.